The quantitative estimate of drug-likeness (QED) is 0.714. The molecule has 0 aliphatic carbocycles. The van der Waals surface area contributed by atoms with E-state index in [1.54, 1.807) is 4.57 Å². The smallest absolute Gasteiger partial charge is 0.269 e. The number of amides is 1. The second-order valence-electron chi connectivity index (χ2n) is 6.30. The molecule has 0 unspecified atom stereocenters. The zero-order valence-electron chi connectivity index (χ0n) is 14.9. The van der Waals surface area contributed by atoms with Gasteiger partial charge in [-0.25, -0.2) is 4.98 Å². The average molecular weight is 350 g/mol. The Morgan fingerprint density at radius 1 is 1.12 bits per heavy atom. The van der Waals surface area contributed by atoms with Gasteiger partial charge in [0.1, 0.15) is 12.4 Å². The van der Waals surface area contributed by atoms with E-state index in [9.17, 15) is 4.79 Å². The van der Waals surface area contributed by atoms with E-state index in [2.05, 4.69) is 4.98 Å². The van der Waals surface area contributed by atoms with Crippen LogP contribution < -0.4 is 16.2 Å². The second kappa shape index (κ2) is 7.31. The van der Waals surface area contributed by atoms with Crippen LogP contribution in [0.15, 0.2) is 48.8 Å². The number of anilines is 1. The molecule has 6 nitrogen and oxygen atoms in total. The minimum absolute atomic E-state index is 0.147. The molecular weight excluding hydrogens is 328 g/mol. The van der Waals surface area contributed by atoms with E-state index in [-0.39, 0.29) is 11.5 Å². The van der Waals surface area contributed by atoms with Gasteiger partial charge in [0.05, 0.1) is 6.33 Å². The Bertz CT molecular complexity index is 909. The number of aromatic nitrogens is 2. The summed E-state index contributed by atoms with van der Waals surface area (Å²) >= 11 is 0. The lowest BCUT2D eigenvalue weighted by molar-refractivity contribution is 0.0993. The molecule has 0 aliphatic rings. The Labute approximate surface area is 152 Å². The number of benzene rings is 2. The summed E-state index contributed by atoms with van der Waals surface area (Å²) in [6.07, 6.45) is 1.53. The van der Waals surface area contributed by atoms with E-state index in [0.717, 1.165) is 28.0 Å². The van der Waals surface area contributed by atoms with Crippen molar-refractivity contribution in [3.63, 3.8) is 0 Å². The molecule has 0 saturated heterocycles. The third kappa shape index (κ3) is 3.69. The van der Waals surface area contributed by atoms with Crippen LogP contribution in [0.5, 0.6) is 5.75 Å². The van der Waals surface area contributed by atoms with E-state index in [1.165, 1.54) is 6.33 Å². The molecule has 26 heavy (non-hydrogen) atoms. The van der Waals surface area contributed by atoms with Crippen molar-refractivity contribution in [2.24, 2.45) is 5.73 Å². The summed E-state index contributed by atoms with van der Waals surface area (Å²) in [5.74, 6) is 0.433. The summed E-state index contributed by atoms with van der Waals surface area (Å²) in [7, 11) is 0. The number of aryl methyl sites for hydroxylation is 2. The molecule has 4 N–H and O–H groups in total. The fraction of sp³-hybridized carbons (Fsp3) is 0.200. The Balaban J connectivity index is 1.80. The summed E-state index contributed by atoms with van der Waals surface area (Å²) < 4.78 is 7.67. The van der Waals surface area contributed by atoms with Crippen molar-refractivity contribution in [3.8, 4) is 5.75 Å². The standard InChI is InChI=1S/C20H22N4O2/c1-13-8-16(10-24-12-23-19(21)17(24)20(22)25)9-14(2)18(13)26-11-15-6-4-3-5-7-15/h3-9,12H,10-11,21H2,1-2H3,(H2,22,25). The molecule has 0 radical (unpaired) electrons. The second-order valence-corrected chi connectivity index (χ2v) is 6.30. The van der Waals surface area contributed by atoms with Gasteiger partial charge in [0.15, 0.2) is 11.5 Å². The zero-order chi connectivity index (χ0) is 18.7. The number of nitrogen functional groups attached to an aromatic ring is 1. The first-order valence-corrected chi connectivity index (χ1v) is 8.33. The molecule has 0 aliphatic heterocycles. The molecule has 0 saturated carbocycles. The van der Waals surface area contributed by atoms with Crippen LogP contribution in [0.2, 0.25) is 0 Å². The van der Waals surface area contributed by atoms with Gasteiger partial charge >= 0.3 is 0 Å². The molecule has 1 heterocycles. The monoisotopic (exact) mass is 350 g/mol. The van der Waals surface area contributed by atoms with Crippen LogP contribution >= 0.6 is 0 Å². The molecule has 6 heteroatoms. The molecule has 0 atom stereocenters. The lowest BCUT2D eigenvalue weighted by Gasteiger charge is -2.15. The minimum Gasteiger partial charge on any atom is -0.488 e. The van der Waals surface area contributed by atoms with E-state index in [0.29, 0.717) is 13.2 Å². The summed E-state index contributed by atoms with van der Waals surface area (Å²) in [6, 6.07) is 14.1. The number of hydrogen-bond donors (Lipinski definition) is 2. The number of imidazole rings is 1. The van der Waals surface area contributed by atoms with Crippen molar-refractivity contribution in [1.82, 2.24) is 9.55 Å². The Hall–Kier alpha value is -3.28. The fourth-order valence-electron chi connectivity index (χ4n) is 3.07. The predicted octanol–water partition coefficient (Wildman–Crippen LogP) is 2.81. The molecule has 1 aromatic heterocycles. The molecule has 134 valence electrons. The van der Waals surface area contributed by atoms with Crippen molar-refractivity contribution < 1.29 is 9.53 Å². The number of rotatable bonds is 6. The molecule has 3 rings (SSSR count). The van der Waals surface area contributed by atoms with Crippen LogP contribution in [0.4, 0.5) is 5.82 Å². The Kier molecular flexibility index (Phi) is 4.93. The first kappa shape index (κ1) is 17.5. The number of carbonyl (C=O) groups excluding carboxylic acids is 1. The van der Waals surface area contributed by atoms with Crippen LogP contribution in [0, 0.1) is 13.8 Å². The first-order chi connectivity index (χ1) is 12.5. The SMILES string of the molecule is Cc1cc(Cn2cnc(N)c2C(N)=O)cc(C)c1OCc1ccccc1. The van der Waals surface area contributed by atoms with Gasteiger partial charge in [0.2, 0.25) is 0 Å². The number of primary amides is 1. The first-order valence-electron chi connectivity index (χ1n) is 8.33. The van der Waals surface area contributed by atoms with Gasteiger partial charge in [0.25, 0.3) is 5.91 Å². The molecule has 0 fully saturated rings. The van der Waals surface area contributed by atoms with Gasteiger partial charge in [-0.3, -0.25) is 4.79 Å². The number of hydrogen-bond acceptors (Lipinski definition) is 4. The average Bonchev–Trinajstić information content (AvgIpc) is 2.95. The molecule has 3 aromatic rings. The highest BCUT2D eigenvalue weighted by Crippen LogP contribution is 2.26. The van der Waals surface area contributed by atoms with Crippen molar-refractivity contribution >= 4 is 11.7 Å². The third-order valence-corrected chi connectivity index (χ3v) is 4.20. The number of nitrogens with two attached hydrogens (primary N) is 2. The highest BCUT2D eigenvalue weighted by Gasteiger charge is 2.15. The van der Waals surface area contributed by atoms with Crippen molar-refractivity contribution in [3.05, 3.63) is 76.7 Å². The number of ether oxygens (including phenoxy) is 1. The van der Waals surface area contributed by atoms with E-state index in [4.69, 9.17) is 16.2 Å². The predicted molar refractivity (Wildman–Crippen MR) is 101 cm³/mol. The number of carbonyl (C=O) groups is 1. The van der Waals surface area contributed by atoms with Crippen molar-refractivity contribution in [2.45, 2.75) is 27.0 Å². The van der Waals surface area contributed by atoms with Crippen LogP contribution in [-0.2, 0) is 13.2 Å². The minimum atomic E-state index is -0.587. The normalized spacial score (nSPS) is 10.7. The Morgan fingerprint density at radius 3 is 2.38 bits per heavy atom. The van der Waals surface area contributed by atoms with Gasteiger partial charge in [-0.05, 0) is 36.1 Å². The highest BCUT2D eigenvalue weighted by atomic mass is 16.5. The van der Waals surface area contributed by atoms with E-state index < -0.39 is 5.91 Å². The highest BCUT2D eigenvalue weighted by molar-refractivity contribution is 5.95. The molecule has 1 amide bonds. The van der Waals surface area contributed by atoms with Crippen LogP contribution in [0.3, 0.4) is 0 Å². The maximum atomic E-state index is 11.6. The van der Waals surface area contributed by atoms with Gasteiger partial charge in [-0.2, -0.15) is 0 Å². The lowest BCUT2D eigenvalue weighted by Crippen LogP contribution is -2.18. The number of nitrogens with zero attached hydrogens (tertiary/aromatic N) is 2. The summed E-state index contributed by atoms with van der Waals surface area (Å²) in [5, 5.41) is 0. The van der Waals surface area contributed by atoms with Crippen LogP contribution in [0.1, 0.15) is 32.7 Å². The van der Waals surface area contributed by atoms with E-state index >= 15 is 0 Å². The lowest BCUT2D eigenvalue weighted by atomic mass is 10.1. The van der Waals surface area contributed by atoms with Crippen molar-refractivity contribution in [2.75, 3.05) is 5.73 Å². The van der Waals surface area contributed by atoms with Gasteiger partial charge in [-0.15, -0.1) is 0 Å². The zero-order valence-corrected chi connectivity index (χ0v) is 14.9. The van der Waals surface area contributed by atoms with Gasteiger partial charge < -0.3 is 20.8 Å². The van der Waals surface area contributed by atoms with E-state index in [1.807, 2.05) is 56.3 Å². The van der Waals surface area contributed by atoms with Crippen LogP contribution in [0.25, 0.3) is 0 Å². The summed E-state index contributed by atoms with van der Waals surface area (Å²) in [5.41, 5.74) is 15.5. The van der Waals surface area contributed by atoms with Gasteiger partial charge in [0, 0.05) is 6.54 Å². The molecule has 0 spiro atoms. The van der Waals surface area contributed by atoms with Gasteiger partial charge in [-0.1, -0.05) is 42.5 Å². The maximum absolute atomic E-state index is 11.6. The molecule has 2 aromatic carbocycles. The third-order valence-electron chi connectivity index (χ3n) is 4.20. The Morgan fingerprint density at radius 2 is 1.77 bits per heavy atom. The fourth-order valence-corrected chi connectivity index (χ4v) is 3.07. The maximum Gasteiger partial charge on any atom is 0.269 e. The molecule has 0 bridgehead atoms. The molecular formula is C20H22N4O2. The van der Waals surface area contributed by atoms with Crippen molar-refractivity contribution in [1.29, 1.82) is 0 Å². The largest absolute Gasteiger partial charge is 0.488 e. The summed E-state index contributed by atoms with van der Waals surface area (Å²) in [6.45, 7) is 5.00. The topological polar surface area (TPSA) is 96.2 Å². The van der Waals surface area contributed by atoms with Crippen LogP contribution in [-0.4, -0.2) is 15.5 Å². The summed E-state index contributed by atoms with van der Waals surface area (Å²) in [4.78, 5) is 15.5.